The summed E-state index contributed by atoms with van der Waals surface area (Å²) in [6, 6.07) is 6.10. The molecule has 17 heavy (non-hydrogen) atoms. The zero-order valence-electron chi connectivity index (χ0n) is 9.30. The first kappa shape index (κ1) is 10.7. The number of rotatable bonds is 2. The number of aryl methyl sites for hydroxylation is 1. The standard InChI is InChI=1S/C12H11N3S2/c1-2-7-6-8-10(13)14-11(15-12(8)17-7)9-4-3-5-16-9/h3-6H,2H2,1H3,(H2,13,14,15). The molecule has 3 heterocycles. The van der Waals surface area contributed by atoms with Crippen molar-refractivity contribution in [1.29, 1.82) is 0 Å². The van der Waals surface area contributed by atoms with Gasteiger partial charge in [0.25, 0.3) is 0 Å². The van der Waals surface area contributed by atoms with Gasteiger partial charge in [-0.1, -0.05) is 13.0 Å². The second kappa shape index (κ2) is 4.09. The minimum absolute atomic E-state index is 0.578. The van der Waals surface area contributed by atoms with Crippen molar-refractivity contribution >= 4 is 38.7 Å². The fraction of sp³-hybridized carbons (Fsp3) is 0.167. The van der Waals surface area contributed by atoms with Crippen molar-refractivity contribution in [2.45, 2.75) is 13.3 Å². The predicted octanol–water partition coefficient (Wildman–Crippen LogP) is 3.56. The van der Waals surface area contributed by atoms with Gasteiger partial charge >= 0.3 is 0 Å². The van der Waals surface area contributed by atoms with Gasteiger partial charge in [-0.05, 0) is 23.9 Å². The third-order valence-corrected chi connectivity index (χ3v) is 4.60. The van der Waals surface area contributed by atoms with Crippen molar-refractivity contribution in [2.24, 2.45) is 0 Å². The molecule has 86 valence electrons. The van der Waals surface area contributed by atoms with E-state index in [4.69, 9.17) is 5.73 Å². The van der Waals surface area contributed by atoms with Crippen molar-refractivity contribution in [3.05, 3.63) is 28.5 Å². The molecule has 0 aliphatic heterocycles. The van der Waals surface area contributed by atoms with Gasteiger partial charge in [-0.25, -0.2) is 9.97 Å². The van der Waals surface area contributed by atoms with Crippen LogP contribution in [0.4, 0.5) is 5.82 Å². The largest absolute Gasteiger partial charge is 0.383 e. The smallest absolute Gasteiger partial charge is 0.173 e. The van der Waals surface area contributed by atoms with Gasteiger partial charge in [0.15, 0.2) is 5.82 Å². The first-order valence-corrected chi connectivity index (χ1v) is 7.07. The summed E-state index contributed by atoms with van der Waals surface area (Å²) in [4.78, 5) is 12.3. The van der Waals surface area contributed by atoms with Crippen LogP contribution in [-0.4, -0.2) is 9.97 Å². The third-order valence-electron chi connectivity index (χ3n) is 2.56. The summed E-state index contributed by atoms with van der Waals surface area (Å²) in [5.74, 6) is 1.31. The van der Waals surface area contributed by atoms with E-state index in [1.54, 1.807) is 22.7 Å². The highest BCUT2D eigenvalue weighted by Crippen LogP contribution is 2.31. The van der Waals surface area contributed by atoms with E-state index in [9.17, 15) is 0 Å². The van der Waals surface area contributed by atoms with E-state index in [0.29, 0.717) is 5.82 Å². The summed E-state index contributed by atoms with van der Waals surface area (Å²) in [7, 11) is 0. The number of hydrogen-bond acceptors (Lipinski definition) is 5. The minimum Gasteiger partial charge on any atom is -0.383 e. The molecule has 0 aliphatic rings. The van der Waals surface area contributed by atoms with Crippen LogP contribution in [0.3, 0.4) is 0 Å². The maximum atomic E-state index is 5.99. The lowest BCUT2D eigenvalue weighted by Gasteiger charge is -1.99. The van der Waals surface area contributed by atoms with E-state index >= 15 is 0 Å². The van der Waals surface area contributed by atoms with Gasteiger partial charge in [-0.3, -0.25) is 0 Å². The van der Waals surface area contributed by atoms with Crippen molar-refractivity contribution in [1.82, 2.24) is 9.97 Å². The van der Waals surface area contributed by atoms with Crippen molar-refractivity contribution in [3.63, 3.8) is 0 Å². The number of nitrogens with two attached hydrogens (primary N) is 1. The quantitative estimate of drug-likeness (QED) is 0.767. The molecule has 0 radical (unpaired) electrons. The first-order valence-electron chi connectivity index (χ1n) is 5.37. The molecule has 3 nitrogen and oxygen atoms in total. The lowest BCUT2D eigenvalue weighted by atomic mass is 10.3. The Morgan fingerprint density at radius 2 is 2.24 bits per heavy atom. The van der Waals surface area contributed by atoms with E-state index < -0.39 is 0 Å². The number of hydrogen-bond donors (Lipinski definition) is 1. The molecule has 3 rings (SSSR count). The Balaban J connectivity index is 2.23. The number of nitrogen functional groups attached to an aromatic ring is 1. The molecular weight excluding hydrogens is 250 g/mol. The minimum atomic E-state index is 0.578. The summed E-state index contributed by atoms with van der Waals surface area (Å²) < 4.78 is 0. The molecule has 0 spiro atoms. The number of fused-ring (bicyclic) bond motifs is 1. The van der Waals surface area contributed by atoms with Crippen molar-refractivity contribution in [3.8, 4) is 10.7 Å². The lowest BCUT2D eigenvalue weighted by Crippen LogP contribution is -1.94. The lowest BCUT2D eigenvalue weighted by molar-refractivity contribution is 1.19. The average molecular weight is 261 g/mol. The molecule has 0 aromatic carbocycles. The molecule has 3 aromatic heterocycles. The summed E-state index contributed by atoms with van der Waals surface area (Å²) in [6.45, 7) is 2.13. The fourth-order valence-corrected chi connectivity index (χ4v) is 3.32. The van der Waals surface area contributed by atoms with Gasteiger partial charge in [0.1, 0.15) is 10.6 Å². The number of anilines is 1. The van der Waals surface area contributed by atoms with Crippen LogP contribution in [0, 0.1) is 0 Å². The Morgan fingerprint density at radius 3 is 2.94 bits per heavy atom. The van der Waals surface area contributed by atoms with Gasteiger partial charge < -0.3 is 5.73 Å². The molecule has 0 aliphatic carbocycles. The zero-order valence-corrected chi connectivity index (χ0v) is 10.9. The van der Waals surface area contributed by atoms with E-state index in [1.807, 2.05) is 17.5 Å². The number of thiophene rings is 2. The molecule has 2 N–H and O–H groups in total. The van der Waals surface area contributed by atoms with Crippen LogP contribution in [0.25, 0.3) is 20.9 Å². The molecule has 5 heteroatoms. The van der Waals surface area contributed by atoms with Crippen LogP contribution in [0.2, 0.25) is 0 Å². The normalized spacial score (nSPS) is 11.1. The van der Waals surface area contributed by atoms with Crippen LogP contribution >= 0.6 is 22.7 Å². The highest BCUT2D eigenvalue weighted by atomic mass is 32.1. The van der Waals surface area contributed by atoms with Crippen molar-refractivity contribution in [2.75, 3.05) is 5.73 Å². The Hall–Kier alpha value is -1.46. The average Bonchev–Trinajstić information content (AvgIpc) is 2.97. The number of nitrogens with zero attached hydrogens (tertiary/aromatic N) is 2. The first-order chi connectivity index (χ1) is 8.28. The molecular formula is C12H11N3S2. The number of aromatic nitrogens is 2. The Labute approximate surface area is 107 Å². The monoisotopic (exact) mass is 261 g/mol. The van der Waals surface area contributed by atoms with E-state index in [1.165, 1.54) is 4.88 Å². The predicted molar refractivity (Wildman–Crippen MR) is 74.5 cm³/mol. The zero-order chi connectivity index (χ0) is 11.8. The molecule has 0 saturated heterocycles. The highest BCUT2D eigenvalue weighted by molar-refractivity contribution is 7.18. The Kier molecular flexibility index (Phi) is 2.57. The second-order valence-electron chi connectivity index (χ2n) is 3.69. The topological polar surface area (TPSA) is 51.8 Å². The van der Waals surface area contributed by atoms with Crippen LogP contribution < -0.4 is 5.73 Å². The highest BCUT2D eigenvalue weighted by Gasteiger charge is 2.10. The van der Waals surface area contributed by atoms with Gasteiger partial charge in [0, 0.05) is 4.88 Å². The maximum absolute atomic E-state index is 5.99. The summed E-state index contributed by atoms with van der Waals surface area (Å²) in [5.41, 5.74) is 5.99. The Bertz CT molecular complexity index is 656. The van der Waals surface area contributed by atoms with Gasteiger partial charge in [0.05, 0.1) is 10.3 Å². The molecule has 0 amide bonds. The Morgan fingerprint density at radius 1 is 1.35 bits per heavy atom. The SMILES string of the molecule is CCc1cc2c(N)nc(-c3cccs3)nc2s1. The molecule has 0 saturated carbocycles. The summed E-state index contributed by atoms with van der Waals surface area (Å²) in [5, 5.41) is 3.00. The van der Waals surface area contributed by atoms with Crippen LogP contribution in [0.5, 0.6) is 0 Å². The van der Waals surface area contributed by atoms with Crippen LogP contribution in [0.1, 0.15) is 11.8 Å². The fourth-order valence-electron chi connectivity index (χ4n) is 1.68. The van der Waals surface area contributed by atoms with Crippen molar-refractivity contribution < 1.29 is 0 Å². The van der Waals surface area contributed by atoms with Crippen LogP contribution in [-0.2, 0) is 6.42 Å². The second-order valence-corrected chi connectivity index (χ2v) is 5.76. The van der Waals surface area contributed by atoms with Gasteiger partial charge in [-0.15, -0.1) is 22.7 Å². The van der Waals surface area contributed by atoms with E-state index in [2.05, 4.69) is 23.0 Å². The molecule has 0 fully saturated rings. The van der Waals surface area contributed by atoms with E-state index in [-0.39, 0.29) is 0 Å². The summed E-state index contributed by atoms with van der Waals surface area (Å²) in [6.07, 6.45) is 1.01. The maximum Gasteiger partial charge on any atom is 0.173 e. The molecule has 0 unspecified atom stereocenters. The van der Waals surface area contributed by atoms with Gasteiger partial charge in [0.2, 0.25) is 0 Å². The molecule has 3 aromatic rings. The summed E-state index contributed by atoms with van der Waals surface area (Å²) >= 11 is 3.33. The van der Waals surface area contributed by atoms with E-state index in [0.717, 1.165) is 27.3 Å². The van der Waals surface area contributed by atoms with Crippen LogP contribution in [0.15, 0.2) is 23.6 Å². The van der Waals surface area contributed by atoms with Gasteiger partial charge in [-0.2, -0.15) is 0 Å². The third kappa shape index (κ3) is 1.81. The molecule has 0 atom stereocenters. The molecule has 0 bridgehead atoms.